The van der Waals surface area contributed by atoms with Gasteiger partial charge in [-0.2, -0.15) is 5.26 Å². The van der Waals surface area contributed by atoms with E-state index in [0.717, 1.165) is 30.5 Å². The van der Waals surface area contributed by atoms with Crippen molar-refractivity contribution in [3.63, 3.8) is 0 Å². The van der Waals surface area contributed by atoms with E-state index >= 15 is 0 Å². The number of benzene rings is 2. The first-order valence-corrected chi connectivity index (χ1v) is 7.97. The first-order chi connectivity index (χ1) is 10.7. The van der Waals surface area contributed by atoms with Crippen LogP contribution in [-0.4, -0.2) is 19.6 Å². The molecule has 0 aromatic heterocycles. The fourth-order valence-electron chi connectivity index (χ4n) is 1.76. The average Bonchev–Trinajstić information content (AvgIpc) is 2.46. The quantitative estimate of drug-likeness (QED) is 0.627. The van der Waals surface area contributed by atoms with Gasteiger partial charge in [-0.3, -0.25) is 10.1 Å². The summed E-state index contributed by atoms with van der Waals surface area (Å²) in [5, 5.41) is 19.4. The van der Waals surface area contributed by atoms with Gasteiger partial charge in [-0.15, -0.1) is 0 Å². The van der Waals surface area contributed by atoms with Crippen molar-refractivity contribution in [3.8, 4) is 17.6 Å². The minimum atomic E-state index is -3.81. The molecule has 7 nitrogen and oxygen atoms in total. The Morgan fingerprint density at radius 3 is 2.48 bits per heavy atom. The van der Waals surface area contributed by atoms with Crippen LogP contribution in [0.5, 0.6) is 11.5 Å². The summed E-state index contributed by atoms with van der Waals surface area (Å²) in [7, 11) is -3.81. The van der Waals surface area contributed by atoms with Crippen LogP contribution < -0.4 is 4.74 Å². The van der Waals surface area contributed by atoms with E-state index in [4.69, 9.17) is 10.00 Å². The highest BCUT2D eigenvalue weighted by Crippen LogP contribution is 2.32. The molecule has 0 aliphatic carbocycles. The second-order valence-corrected chi connectivity index (χ2v) is 6.50. The SMILES string of the molecule is CS(=O)(=O)c1cc([N+](=O)[O-])ccc1Oc1ccc(C#N)c(F)c1. The van der Waals surface area contributed by atoms with Crippen molar-refractivity contribution in [3.05, 3.63) is 57.9 Å². The van der Waals surface area contributed by atoms with Crippen molar-refractivity contribution >= 4 is 15.5 Å². The minimum absolute atomic E-state index is 0.0414. The molecule has 0 N–H and O–H groups in total. The van der Waals surface area contributed by atoms with E-state index in [1.54, 1.807) is 6.07 Å². The molecule has 0 amide bonds. The summed E-state index contributed by atoms with van der Waals surface area (Å²) in [6.07, 6.45) is 0.873. The molecule has 0 radical (unpaired) electrons. The topological polar surface area (TPSA) is 110 Å². The number of nitrogens with zero attached hydrogens (tertiary/aromatic N) is 2. The molecule has 0 heterocycles. The minimum Gasteiger partial charge on any atom is -0.456 e. The number of sulfone groups is 1. The van der Waals surface area contributed by atoms with E-state index in [2.05, 4.69) is 0 Å². The fraction of sp³-hybridized carbons (Fsp3) is 0.0714. The third-order valence-electron chi connectivity index (χ3n) is 2.83. The molecular weight excluding hydrogens is 327 g/mol. The molecule has 0 bridgehead atoms. The standard InChI is InChI=1S/C14H9FN2O5S/c1-23(20,21)14-6-10(17(18)19)3-5-13(14)22-11-4-2-9(8-16)12(15)7-11/h2-7H,1H3. The molecular formula is C14H9FN2O5S. The summed E-state index contributed by atoms with van der Waals surface area (Å²) >= 11 is 0. The Labute approximate surface area is 130 Å². The lowest BCUT2D eigenvalue weighted by Gasteiger charge is -2.10. The molecule has 0 unspecified atom stereocenters. The van der Waals surface area contributed by atoms with Crippen molar-refractivity contribution in [1.82, 2.24) is 0 Å². The van der Waals surface area contributed by atoms with Crippen LogP contribution in [0.1, 0.15) is 5.56 Å². The Morgan fingerprint density at radius 1 is 1.26 bits per heavy atom. The van der Waals surface area contributed by atoms with Gasteiger partial charge < -0.3 is 4.74 Å². The van der Waals surface area contributed by atoms with E-state index < -0.39 is 31.2 Å². The second kappa shape index (κ2) is 6.02. The molecule has 0 aliphatic heterocycles. The van der Waals surface area contributed by atoms with Gasteiger partial charge >= 0.3 is 0 Å². The molecule has 0 saturated heterocycles. The summed E-state index contributed by atoms with van der Waals surface area (Å²) in [5.74, 6) is -1.05. The van der Waals surface area contributed by atoms with Gasteiger partial charge in [0.25, 0.3) is 5.69 Å². The van der Waals surface area contributed by atoms with Gasteiger partial charge in [0.2, 0.25) is 0 Å². The van der Waals surface area contributed by atoms with Crippen LogP contribution in [-0.2, 0) is 9.84 Å². The molecule has 0 fully saturated rings. The summed E-state index contributed by atoms with van der Waals surface area (Å²) in [5.41, 5.74) is -0.604. The van der Waals surface area contributed by atoms with Gasteiger partial charge in [-0.1, -0.05) is 0 Å². The van der Waals surface area contributed by atoms with Crippen LogP contribution in [0, 0.1) is 27.3 Å². The number of rotatable bonds is 4. The Kier molecular flexibility index (Phi) is 4.29. The van der Waals surface area contributed by atoms with Crippen LogP contribution in [0.2, 0.25) is 0 Å². The second-order valence-electron chi connectivity index (χ2n) is 4.52. The Bertz CT molecular complexity index is 935. The highest BCUT2D eigenvalue weighted by Gasteiger charge is 2.20. The maximum atomic E-state index is 13.5. The largest absolute Gasteiger partial charge is 0.456 e. The molecule has 0 spiro atoms. The van der Waals surface area contributed by atoms with Gasteiger partial charge in [-0.05, 0) is 18.2 Å². The van der Waals surface area contributed by atoms with Gasteiger partial charge in [0, 0.05) is 24.5 Å². The lowest BCUT2D eigenvalue weighted by Crippen LogP contribution is -2.02. The van der Waals surface area contributed by atoms with E-state index in [1.807, 2.05) is 0 Å². The first-order valence-electron chi connectivity index (χ1n) is 6.08. The molecule has 23 heavy (non-hydrogen) atoms. The summed E-state index contributed by atoms with van der Waals surface area (Å²) < 4.78 is 42.4. The highest BCUT2D eigenvalue weighted by atomic mass is 32.2. The summed E-state index contributed by atoms with van der Waals surface area (Å²) in [6, 6.07) is 8.08. The molecule has 0 saturated carbocycles. The molecule has 2 rings (SSSR count). The number of nitriles is 1. The van der Waals surface area contributed by atoms with Crippen LogP contribution in [0.3, 0.4) is 0 Å². The van der Waals surface area contributed by atoms with Crippen molar-refractivity contribution in [2.24, 2.45) is 0 Å². The number of nitro groups is 1. The van der Waals surface area contributed by atoms with Crippen molar-refractivity contribution in [2.75, 3.05) is 6.26 Å². The van der Waals surface area contributed by atoms with Crippen molar-refractivity contribution in [1.29, 1.82) is 5.26 Å². The Hall–Kier alpha value is -2.99. The lowest BCUT2D eigenvalue weighted by atomic mass is 10.2. The smallest absolute Gasteiger partial charge is 0.271 e. The van der Waals surface area contributed by atoms with E-state index in [1.165, 1.54) is 12.1 Å². The van der Waals surface area contributed by atoms with E-state index in [-0.39, 0.29) is 17.1 Å². The lowest BCUT2D eigenvalue weighted by molar-refractivity contribution is -0.385. The van der Waals surface area contributed by atoms with Crippen LogP contribution >= 0.6 is 0 Å². The van der Waals surface area contributed by atoms with Gasteiger partial charge in [0.15, 0.2) is 9.84 Å². The maximum absolute atomic E-state index is 13.5. The number of nitro benzene ring substituents is 1. The third-order valence-corrected chi connectivity index (χ3v) is 3.94. The van der Waals surface area contributed by atoms with Gasteiger partial charge in [0.05, 0.1) is 10.5 Å². The van der Waals surface area contributed by atoms with Gasteiger partial charge in [0.1, 0.15) is 28.3 Å². The molecule has 0 atom stereocenters. The van der Waals surface area contributed by atoms with Crippen LogP contribution in [0.25, 0.3) is 0 Å². The maximum Gasteiger partial charge on any atom is 0.271 e. The van der Waals surface area contributed by atoms with Crippen LogP contribution in [0.4, 0.5) is 10.1 Å². The van der Waals surface area contributed by atoms with Gasteiger partial charge in [-0.25, -0.2) is 12.8 Å². The number of ether oxygens (including phenoxy) is 1. The monoisotopic (exact) mass is 336 g/mol. The zero-order chi connectivity index (χ0) is 17.2. The van der Waals surface area contributed by atoms with Crippen LogP contribution in [0.15, 0.2) is 41.3 Å². The number of halogens is 1. The highest BCUT2D eigenvalue weighted by molar-refractivity contribution is 7.90. The predicted octanol–water partition coefficient (Wildman–Crippen LogP) is 2.80. The number of hydrogen-bond acceptors (Lipinski definition) is 6. The normalized spacial score (nSPS) is 10.8. The van der Waals surface area contributed by atoms with Crippen molar-refractivity contribution in [2.45, 2.75) is 4.90 Å². The molecule has 118 valence electrons. The average molecular weight is 336 g/mol. The molecule has 2 aromatic rings. The van der Waals surface area contributed by atoms with E-state index in [9.17, 15) is 22.9 Å². The van der Waals surface area contributed by atoms with E-state index in [0.29, 0.717) is 0 Å². The zero-order valence-electron chi connectivity index (χ0n) is 11.7. The van der Waals surface area contributed by atoms with Crippen molar-refractivity contribution < 1.29 is 22.5 Å². The molecule has 0 aliphatic rings. The number of non-ortho nitro benzene ring substituents is 1. The third kappa shape index (κ3) is 3.61. The number of hydrogen-bond donors (Lipinski definition) is 0. The molecule has 2 aromatic carbocycles. The Morgan fingerprint density at radius 2 is 1.96 bits per heavy atom. The summed E-state index contributed by atoms with van der Waals surface area (Å²) in [4.78, 5) is 9.63. The Balaban J connectivity index is 2.50. The fourth-order valence-corrected chi connectivity index (χ4v) is 2.57. The zero-order valence-corrected chi connectivity index (χ0v) is 12.5. The molecule has 9 heteroatoms. The summed E-state index contributed by atoms with van der Waals surface area (Å²) in [6.45, 7) is 0. The first kappa shape index (κ1) is 16.4. The predicted molar refractivity (Wildman–Crippen MR) is 77.4 cm³/mol.